The smallest absolute Gasteiger partial charge is 0.255 e. The van der Waals surface area contributed by atoms with Gasteiger partial charge in [0.05, 0.1) is 31.9 Å². The van der Waals surface area contributed by atoms with E-state index in [1.807, 2.05) is 40.9 Å². The first-order valence-electron chi connectivity index (χ1n) is 12.3. The van der Waals surface area contributed by atoms with Gasteiger partial charge in [0.15, 0.2) is 0 Å². The number of fused-ring (bicyclic) bond motifs is 4. The number of piperidine rings is 1. The van der Waals surface area contributed by atoms with Crippen LogP contribution >= 0.6 is 0 Å². The molecule has 1 aromatic carbocycles. The van der Waals surface area contributed by atoms with Gasteiger partial charge in [0, 0.05) is 60.1 Å². The van der Waals surface area contributed by atoms with Gasteiger partial charge in [-0.2, -0.15) is 0 Å². The lowest BCUT2D eigenvalue weighted by molar-refractivity contribution is -0.138. The number of amides is 2. The standard InChI is InChI=1S/C27H33N5O4/c1-30(2)15-23(34)32-17-27(8-11-31(12-9-27)26(35)18-5-4-10-28-14-18)24-20-7-6-19(36-3)13-21(20)29-25(24)22(32)16-33/h4-7,10,13-14,22,29,33H,8-9,11-12,15-17H2,1-3H3/t22-/m0/s1. The van der Waals surface area contributed by atoms with Gasteiger partial charge in [0.1, 0.15) is 5.75 Å². The molecule has 190 valence electrons. The molecule has 1 spiro atoms. The molecule has 0 unspecified atom stereocenters. The number of carbonyl (C=O) groups is 2. The van der Waals surface area contributed by atoms with Gasteiger partial charge >= 0.3 is 0 Å². The summed E-state index contributed by atoms with van der Waals surface area (Å²) in [5, 5.41) is 11.5. The molecule has 1 atom stereocenters. The van der Waals surface area contributed by atoms with Gasteiger partial charge in [-0.3, -0.25) is 14.6 Å². The third-order valence-corrected chi connectivity index (χ3v) is 7.61. The molecule has 3 aromatic rings. The number of nitrogens with zero attached hydrogens (tertiary/aromatic N) is 4. The highest BCUT2D eigenvalue weighted by molar-refractivity contribution is 5.94. The van der Waals surface area contributed by atoms with Crippen LogP contribution in [0, 0.1) is 0 Å². The lowest BCUT2D eigenvalue weighted by Crippen LogP contribution is -2.56. The molecule has 2 amide bonds. The molecule has 0 saturated carbocycles. The number of aromatic amines is 1. The number of pyridine rings is 1. The van der Waals surface area contributed by atoms with E-state index in [9.17, 15) is 14.7 Å². The molecule has 2 aromatic heterocycles. The Morgan fingerprint density at radius 1 is 1.25 bits per heavy atom. The van der Waals surface area contributed by atoms with Crippen molar-refractivity contribution in [3.8, 4) is 5.75 Å². The zero-order valence-electron chi connectivity index (χ0n) is 21.0. The number of carbonyl (C=O) groups excluding carboxylic acids is 2. The van der Waals surface area contributed by atoms with Crippen LogP contribution in [0.1, 0.15) is 40.5 Å². The summed E-state index contributed by atoms with van der Waals surface area (Å²) in [6.07, 6.45) is 4.70. The summed E-state index contributed by atoms with van der Waals surface area (Å²) >= 11 is 0. The molecule has 0 radical (unpaired) electrons. The maximum absolute atomic E-state index is 13.4. The fourth-order valence-corrected chi connectivity index (χ4v) is 5.85. The van der Waals surface area contributed by atoms with Crippen molar-refractivity contribution >= 4 is 22.7 Å². The van der Waals surface area contributed by atoms with E-state index in [0.717, 1.165) is 40.8 Å². The minimum absolute atomic E-state index is 0.0193. The van der Waals surface area contributed by atoms with Gasteiger partial charge in [0.25, 0.3) is 5.91 Å². The van der Waals surface area contributed by atoms with Crippen LogP contribution in [-0.4, -0.2) is 95.6 Å². The van der Waals surface area contributed by atoms with E-state index >= 15 is 0 Å². The average Bonchev–Trinajstić information content (AvgIpc) is 3.28. The van der Waals surface area contributed by atoms with E-state index in [2.05, 4.69) is 16.0 Å². The Balaban J connectivity index is 1.55. The number of H-pyrrole nitrogens is 1. The van der Waals surface area contributed by atoms with E-state index in [-0.39, 0.29) is 30.4 Å². The molecule has 2 aliphatic rings. The van der Waals surface area contributed by atoms with Crippen LogP contribution in [0.15, 0.2) is 42.7 Å². The van der Waals surface area contributed by atoms with Crippen LogP contribution in [0.2, 0.25) is 0 Å². The second-order valence-electron chi connectivity index (χ2n) is 10.1. The SMILES string of the molecule is COc1ccc2c3c([nH]c2c1)[C@H](CO)N(C(=O)CN(C)C)CC31CCN(C(=O)c2cccnc2)CC1. The maximum atomic E-state index is 13.4. The van der Waals surface area contributed by atoms with Gasteiger partial charge in [-0.1, -0.05) is 0 Å². The summed E-state index contributed by atoms with van der Waals surface area (Å²) in [5.41, 5.74) is 3.21. The van der Waals surface area contributed by atoms with E-state index in [4.69, 9.17) is 4.74 Å². The van der Waals surface area contributed by atoms with Crippen molar-refractivity contribution in [1.82, 2.24) is 24.7 Å². The normalized spacial score (nSPS) is 19.1. The molecular weight excluding hydrogens is 458 g/mol. The lowest BCUT2D eigenvalue weighted by Gasteiger charge is -2.50. The molecule has 0 aliphatic carbocycles. The van der Waals surface area contributed by atoms with E-state index < -0.39 is 6.04 Å². The Bertz CT molecular complexity index is 1260. The van der Waals surface area contributed by atoms with Crippen LogP contribution in [-0.2, 0) is 10.2 Å². The van der Waals surface area contributed by atoms with Crippen molar-refractivity contribution in [2.24, 2.45) is 0 Å². The third kappa shape index (κ3) is 4.12. The first-order chi connectivity index (χ1) is 17.4. The summed E-state index contributed by atoms with van der Waals surface area (Å²) in [5.74, 6) is 0.703. The Hall–Kier alpha value is -3.43. The Morgan fingerprint density at radius 2 is 2.03 bits per heavy atom. The number of methoxy groups -OCH3 is 1. The summed E-state index contributed by atoms with van der Waals surface area (Å²) in [6.45, 7) is 1.76. The van der Waals surface area contributed by atoms with Crippen LogP contribution < -0.4 is 4.74 Å². The zero-order chi connectivity index (χ0) is 25.4. The number of likely N-dealkylation sites (N-methyl/N-ethyl adjacent to an activating group) is 1. The highest BCUT2D eigenvalue weighted by atomic mass is 16.5. The van der Waals surface area contributed by atoms with Crippen LogP contribution in [0.5, 0.6) is 5.75 Å². The molecule has 0 bridgehead atoms. The minimum atomic E-state index is -0.452. The Labute approximate surface area is 210 Å². The largest absolute Gasteiger partial charge is 0.497 e. The molecular formula is C27H33N5O4. The van der Waals surface area contributed by atoms with Gasteiger partial charge in [-0.25, -0.2) is 0 Å². The lowest BCUT2D eigenvalue weighted by atomic mass is 9.68. The minimum Gasteiger partial charge on any atom is -0.497 e. The van der Waals surface area contributed by atoms with Crippen molar-refractivity contribution in [2.75, 3.05) is 54.0 Å². The molecule has 1 fully saturated rings. The number of nitrogens with one attached hydrogen (secondary N) is 1. The number of hydrogen-bond donors (Lipinski definition) is 2. The number of benzene rings is 1. The summed E-state index contributed by atoms with van der Waals surface area (Å²) < 4.78 is 5.44. The summed E-state index contributed by atoms with van der Waals surface area (Å²) in [6, 6.07) is 9.08. The van der Waals surface area contributed by atoms with Gasteiger partial charge in [-0.15, -0.1) is 0 Å². The third-order valence-electron chi connectivity index (χ3n) is 7.61. The number of hydrogen-bond acceptors (Lipinski definition) is 6. The van der Waals surface area contributed by atoms with Crippen molar-refractivity contribution in [2.45, 2.75) is 24.3 Å². The molecule has 4 heterocycles. The maximum Gasteiger partial charge on any atom is 0.255 e. The zero-order valence-corrected chi connectivity index (χ0v) is 21.0. The number of likely N-dealkylation sites (tertiary alicyclic amines) is 1. The van der Waals surface area contributed by atoms with E-state index in [1.165, 1.54) is 0 Å². The van der Waals surface area contributed by atoms with Crippen molar-refractivity contribution < 1.29 is 19.4 Å². The monoisotopic (exact) mass is 491 g/mol. The number of aliphatic hydroxyl groups is 1. The van der Waals surface area contributed by atoms with Crippen LogP contribution in [0.4, 0.5) is 0 Å². The Kier molecular flexibility index (Phi) is 6.44. The van der Waals surface area contributed by atoms with Gasteiger partial charge in [0.2, 0.25) is 5.91 Å². The highest BCUT2D eigenvalue weighted by Gasteiger charge is 2.49. The molecule has 2 N–H and O–H groups in total. The predicted molar refractivity (Wildman–Crippen MR) is 136 cm³/mol. The van der Waals surface area contributed by atoms with E-state index in [1.54, 1.807) is 31.6 Å². The van der Waals surface area contributed by atoms with Gasteiger partial charge in [-0.05, 0) is 56.8 Å². The quantitative estimate of drug-likeness (QED) is 0.567. The highest BCUT2D eigenvalue weighted by Crippen LogP contribution is 2.49. The Morgan fingerprint density at radius 3 is 2.67 bits per heavy atom. The average molecular weight is 492 g/mol. The fraction of sp³-hybridized carbons (Fsp3) is 0.444. The van der Waals surface area contributed by atoms with Crippen LogP contribution in [0.25, 0.3) is 10.9 Å². The molecule has 36 heavy (non-hydrogen) atoms. The van der Waals surface area contributed by atoms with E-state index in [0.29, 0.717) is 25.2 Å². The summed E-state index contributed by atoms with van der Waals surface area (Å²) in [4.78, 5) is 39.6. The number of ether oxygens (including phenoxy) is 1. The van der Waals surface area contributed by atoms with Crippen LogP contribution in [0.3, 0.4) is 0 Å². The number of rotatable bonds is 5. The number of aromatic nitrogens is 2. The predicted octanol–water partition coefficient (Wildman–Crippen LogP) is 2.18. The van der Waals surface area contributed by atoms with Crippen molar-refractivity contribution in [3.63, 3.8) is 0 Å². The fourth-order valence-electron chi connectivity index (χ4n) is 5.85. The van der Waals surface area contributed by atoms with Crippen molar-refractivity contribution in [3.05, 3.63) is 59.5 Å². The topological polar surface area (TPSA) is 102 Å². The number of aliphatic hydroxyl groups excluding tert-OH is 1. The molecule has 9 heteroatoms. The first-order valence-corrected chi connectivity index (χ1v) is 12.3. The second kappa shape index (κ2) is 9.55. The van der Waals surface area contributed by atoms with Crippen molar-refractivity contribution in [1.29, 1.82) is 0 Å². The van der Waals surface area contributed by atoms with Gasteiger partial charge < -0.3 is 29.5 Å². The molecule has 2 aliphatic heterocycles. The molecule has 9 nitrogen and oxygen atoms in total. The summed E-state index contributed by atoms with van der Waals surface area (Å²) in [7, 11) is 5.38. The first kappa shape index (κ1) is 24.3. The molecule has 1 saturated heterocycles. The second-order valence-corrected chi connectivity index (χ2v) is 10.1. The molecule has 5 rings (SSSR count).